The molecule has 0 aromatic heterocycles. The summed E-state index contributed by atoms with van der Waals surface area (Å²) in [6.45, 7) is 8.41. The first-order valence-corrected chi connectivity index (χ1v) is 10.8. The molecule has 0 unspecified atom stereocenters. The van der Waals surface area contributed by atoms with Crippen molar-refractivity contribution in [2.45, 2.75) is 32.3 Å². The number of halogens is 2. The van der Waals surface area contributed by atoms with Crippen LogP contribution in [-0.4, -0.2) is 19.8 Å². The lowest BCUT2D eigenvalue weighted by atomic mass is 10.2. The Hall–Kier alpha value is 0.157. The van der Waals surface area contributed by atoms with Crippen molar-refractivity contribution in [1.82, 2.24) is 0 Å². The Balaban J connectivity index is 2.48. The third-order valence-corrected chi connectivity index (χ3v) is 5.25. The maximum atomic E-state index is 9.58. The Bertz CT molecular complexity index is 366. The Labute approximate surface area is 121 Å². The molecular weight excluding hydrogens is 364 g/mol. The summed E-state index contributed by atoms with van der Waals surface area (Å²) in [7, 11) is -1.01. The molecule has 1 N–H and O–H groups in total. The van der Waals surface area contributed by atoms with E-state index in [0.717, 1.165) is 12.2 Å². The van der Waals surface area contributed by atoms with Crippen molar-refractivity contribution in [2.24, 2.45) is 0 Å². The lowest BCUT2D eigenvalue weighted by molar-refractivity contribution is 0.133. The lowest BCUT2D eigenvalue weighted by Crippen LogP contribution is -2.21. The quantitative estimate of drug-likeness (QED) is 0.587. The molecule has 0 spiro atoms. The van der Waals surface area contributed by atoms with Crippen LogP contribution in [0.15, 0.2) is 21.1 Å². The molecule has 5 heteroatoms. The van der Waals surface area contributed by atoms with Crippen LogP contribution in [0.1, 0.15) is 5.56 Å². The molecule has 0 saturated carbocycles. The summed E-state index contributed by atoms with van der Waals surface area (Å²) in [5.74, 6) is 0.232. The molecule has 0 amide bonds. The van der Waals surface area contributed by atoms with Crippen LogP contribution in [0.2, 0.25) is 25.7 Å². The first kappa shape index (κ1) is 15.2. The average molecular weight is 382 g/mol. The van der Waals surface area contributed by atoms with Crippen molar-refractivity contribution in [3.8, 4) is 5.75 Å². The lowest BCUT2D eigenvalue weighted by Gasteiger charge is -2.15. The zero-order valence-electron chi connectivity index (χ0n) is 10.4. The molecule has 0 saturated heterocycles. The van der Waals surface area contributed by atoms with Gasteiger partial charge in [0.25, 0.3) is 0 Å². The van der Waals surface area contributed by atoms with Crippen LogP contribution in [0, 0.1) is 0 Å². The summed E-state index contributed by atoms with van der Waals surface area (Å²) in [5.41, 5.74) is 1.05. The minimum absolute atomic E-state index is 0.232. The molecular formula is C12H18Br2O2Si. The predicted molar refractivity (Wildman–Crippen MR) is 81.3 cm³/mol. The second-order valence-corrected chi connectivity index (χ2v) is 12.6. The fraction of sp³-hybridized carbons (Fsp3) is 0.500. The summed E-state index contributed by atoms with van der Waals surface area (Å²) in [6, 6.07) is 4.94. The maximum absolute atomic E-state index is 9.58. The molecule has 17 heavy (non-hydrogen) atoms. The Morgan fingerprint density at radius 3 is 2.18 bits per heavy atom. The van der Waals surface area contributed by atoms with Crippen LogP contribution >= 0.6 is 31.9 Å². The van der Waals surface area contributed by atoms with Crippen LogP contribution in [0.3, 0.4) is 0 Å². The van der Waals surface area contributed by atoms with Gasteiger partial charge in [0.2, 0.25) is 0 Å². The SMILES string of the molecule is C[Si](C)(C)CCOCc1cc(Br)c(O)c(Br)c1. The van der Waals surface area contributed by atoms with Gasteiger partial charge in [-0.15, -0.1) is 0 Å². The standard InChI is InChI=1S/C12H18Br2O2Si/c1-17(2,3)5-4-16-8-9-6-10(13)12(15)11(14)7-9/h6-7,15H,4-5,8H2,1-3H3. The zero-order valence-corrected chi connectivity index (χ0v) is 14.6. The Morgan fingerprint density at radius 1 is 1.18 bits per heavy atom. The van der Waals surface area contributed by atoms with Crippen LogP contribution in [0.4, 0.5) is 0 Å². The highest BCUT2D eigenvalue weighted by atomic mass is 79.9. The van der Waals surface area contributed by atoms with Crippen molar-refractivity contribution in [3.05, 3.63) is 26.6 Å². The van der Waals surface area contributed by atoms with Gasteiger partial charge in [-0.3, -0.25) is 0 Å². The highest BCUT2D eigenvalue weighted by Crippen LogP contribution is 2.33. The summed E-state index contributed by atoms with van der Waals surface area (Å²) in [5, 5.41) is 9.58. The number of hydrogen-bond donors (Lipinski definition) is 1. The van der Waals surface area contributed by atoms with E-state index in [-0.39, 0.29) is 5.75 Å². The van der Waals surface area contributed by atoms with Crippen LogP contribution in [0.25, 0.3) is 0 Å². The molecule has 1 aromatic carbocycles. The van der Waals surface area contributed by atoms with E-state index in [1.807, 2.05) is 12.1 Å². The average Bonchev–Trinajstić information content (AvgIpc) is 2.19. The number of hydrogen-bond acceptors (Lipinski definition) is 2. The Morgan fingerprint density at radius 2 is 1.71 bits per heavy atom. The largest absolute Gasteiger partial charge is 0.506 e. The van der Waals surface area contributed by atoms with Gasteiger partial charge in [-0.25, -0.2) is 0 Å². The first-order valence-electron chi connectivity index (χ1n) is 5.54. The summed E-state index contributed by atoms with van der Waals surface area (Å²) in [6.07, 6.45) is 0. The van der Waals surface area contributed by atoms with Crippen molar-refractivity contribution in [3.63, 3.8) is 0 Å². The third kappa shape index (κ3) is 5.55. The summed E-state index contributed by atoms with van der Waals surface area (Å²) < 4.78 is 7.04. The van der Waals surface area contributed by atoms with Crippen molar-refractivity contribution >= 4 is 39.9 Å². The van der Waals surface area contributed by atoms with E-state index >= 15 is 0 Å². The van der Waals surface area contributed by atoms with Gasteiger partial charge in [-0.05, 0) is 55.6 Å². The second-order valence-electron chi connectivity index (χ2n) is 5.27. The topological polar surface area (TPSA) is 29.5 Å². The summed E-state index contributed by atoms with van der Waals surface area (Å²) >= 11 is 6.62. The fourth-order valence-electron chi connectivity index (χ4n) is 1.27. The molecule has 0 fully saturated rings. The van der Waals surface area contributed by atoms with Gasteiger partial charge in [0.1, 0.15) is 5.75 Å². The van der Waals surface area contributed by atoms with Gasteiger partial charge in [-0.1, -0.05) is 19.6 Å². The van der Waals surface area contributed by atoms with Crippen molar-refractivity contribution in [1.29, 1.82) is 0 Å². The minimum atomic E-state index is -1.01. The highest BCUT2D eigenvalue weighted by Gasteiger charge is 2.12. The molecule has 0 heterocycles. The van der Waals surface area contributed by atoms with E-state index in [0.29, 0.717) is 15.6 Å². The molecule has 0 aliphatic carbocycles. The van der Waals surface area contributed by atoms with E-state index in [2.05, 4.69) is 51.5 Å². The fourth-order valence-corrected chi connectivity index (χ4v) is 3.31. The van der Waals surface area contributed by atoms with E-state index in [1.165, 1.54) is 6.04 Å². The summed E-state index contributed by atoms with van der Waals surface area (Å²) in [4.78, 5) is 0. The molecule has 0 aliphatic heterocycles. The minimum Gasteiger partial charge on any atom is -0.506 e. The Kier molecular flexibility index (Phi) is 5.69. The molecule has 96 valence electrons. The third-order valence-electron chi connectivity index (χ3n) is 2.34. The molecule has 0 bridgehead atoms. The molecule has 0 aliphatic rings. The van der Waals surface area contributed by atoms with E-state index < -0.39 is 8.07 Å². The van der Waals surface area contributed by atoms with Gasteiger partial charge >= 0.3 is 0 Å². The number of aromatic hydroxyl groups is 1. The van der Waals surface area contributed by atoms with Crippen molar-refractivity contribution in [2.75, 3.05) is 6.61 Å². The van der Waals surface area contributed by atoms with Gasteiger partial charge in [0.15, 0.2) is 0 Å². The van der Waals surface area contributed by atoms with Gasteiger partial charge < -0.3 is 9.84 Å². The molecule has 0 atom stereocenters. The number of ether oxygens (including phenoxy) is 1. The number of phenolic OH excluding ortho intramolecular Hbond substituents is 1. The molecule has 1 rings (SSSR count). The molecule has 0 radical (unpaired) electrons. The van der Waals surface area contributed by atoms with E-state index in [1.54, 1.807) is 0 Å². The van der Waals surface area contributed by atoms with Crippen LogP contribution in [-0.2, 0) is 11.3 Å². The van der Waals surface area contributed by atoms with Crippen molar-refractivity contribution < 1.29 is 9.84 Å². The first-order chi connectivity index (χ1) is 7.79. The number of phenols is 1. The second kappa shape index (κ2) is 6.36. The smallest absolute Gasteiger partial charge is 0.143 e. The van der Waals surface area contributed by atoms with Gasteiger partial charge in [0.05, 0.1) is 15.6 Å². The number of rotatable bonds is 5. The van der Waals surface area contributed by atoms with Gasteiger partial charge in [0, 0.05) is 14.7 Å². The maximum Gasteiger partial charge on any atom is 0.143 e. The normalized spacial score (nSPS) is 11.8. The molecule has 1 aromatic rings. The molecule has 2 nitrogen and oxygen atoms in total. The van der Waals surface area contributed by atoms with Crippen LogP contribution in [0.5, 0.6) is 5.75 Å². The number of benzene rings is 1. The van der Waals surface area contributed by atoms with Gasteiger partial charge in [-0.2, -0.15) is 0 Å². The zero-order chi connectivity index (χ0) is 13.1. The highest BCUT2D eigenvalue weighted by molar-refractivity contribution is 9.11. The van der Waals surface area contributed by atoms with Crippen LogP contribution < -0.4 is 0 Å². The van der Waals surface area contributed by atoms with E-state index in [9.17, 15) is 5.11 Å². The van der Waals surface area contributed by atoms with E-state index in [4.69, 9.17) is 4.74 Å². The monoisotopic (exact) mass is 380 g/mol. The predicted octanol–water partition coefficient (Wildman–Crippen LogP) is 4.77.